The van der Waals surface area contributed by atoms with Crippen molar-refractivity contribution >= 4 is 15.9 Å². The van der Waals surface area contributed by atoms with Gasteiger partial charge in [0.1, 0.15) is 9.84 Å². The average Bonchev–Trinajstić information content (AvgIpc) is 2.78. The molecule has 2 heterocycles. The zero-order valence-electron chi connectivity index (χ0n) is 13.4. The summed E-state index contributed by atoms with van der Waals surface area (Å²) in [5, 5.41) is 2.87. The largest absolute Gasteiger partial charge is 0.336 e. The predicted molar refractivity (Wildman–Crippen MR) is 84.5 cm³/mol. The maximum atomic E-state index is 12.1. The van der Waals surface area contributed by atoms with Gasteiger partial charge in [-0.2, -0.15) is 0 Å². The summed E-state index contributed by atoms with van der Waals surface area (Å²) in [4.78, 5) is 18.0. The lowest BCUT2D eigenvalue weighted by Crippen LogP contribution is -2.47. The minimum Gasteiger partial charge on any atom is -0.336 e. The van der Waals surface area contributed by atoms with Crippen molar-refractivity contribution in [3.63, 3.8) is 0 Å². The van der Waals surface area contributed by atoms with Gasteiger partial charge in [-0.15, -0.1) is 0 Å². The highest BCUT2D eigenvalue weighted by Gasteiger charge is 2.28. The van der Waals surface area contributed by atoms with Crippen LogP contribution in [0.3, 0.4) is 0 Å². The minimum absolute atomic E-state index is 0.000695. The van der Waals surface area contributed by atoms with Crippen LogP contribution in [0.25, 0.3) is 0 Å². The average molecular weight is 328 g/mol. The zero-order chi connectivity index (χ0) is 16.3. The van der Waals surface area contributed by atoms with E-state index in [9.17, 15) is 13.2 Å². The lowest BCUT2D eigenvalue weighted by molar-refractivity contribution is 0.185. The summed E-state index contributed by atoms with van der Waals surface area (Å²) in [7, 11) is -1.17. The lowest BCUT2D eigenvalue weighted by Gasteiger charge is -2.31. The summed E-state index contributed by atoms with van der Waals surface area (Å²) in [6.45, 7) is 5.14. The van der Waals surface area contributed by atoms with E-state index in [-0.39, 0.29) is 23.6 Å². The fourth-order valence-electron chi connectivity index (χ4n) is 2.61. The molecule has 1 aromatic heterocycles. The van der Waals surface area contributed by atoms with Gasteiger partial charge in [-0.3, -0.25) is 0 Å². The predicted octanol–water partition coefficient (Wildman–Crippen LogP) is 0.719. The Balaban J connectivity index is 1.78. The highest BCUT2D eigenvalue weighted by molar-refractivity contribution is 7.91. The first-order chi connectivity index (χ1) is 10.3. The summed E-state index contributed by atoms with van der Waals surface area (Å²) in [6.07, 6.45) is 2.81. The summed E-state index contributed by atoms with van der Waals surface area (Å²) in [6, 6.07) is -0.153. The molecule has 0 radical (unpaired) electrons. The molecule has 2 amide bonds. The SMILES string of the molecule is Cc1ncn(CCNC(=O)N(C)C2CCS(=O)(=O)CC2)c1C. The lowest BCUT2D eigenvalue weighted by atomic mass is 10.1. The van der Waals surface area contributed by atoms with Gasteiger partial charge in [0, 0.05) is 31.9 Å². The van der Waals surface area contributed by atoms with Crippen LogP contribution in [0, 0.1) is 13.8 Å². The number of carbonyl (C=O) groups is 1. The number of nitrogens with zero attached hydrogens (tertiary/aromatic N) is 3. The molecule has 0 aromatic carbocycles. The molecule has 22 heavy (non-hydrogen) atoms. The third-order valence-corrected chi connectivity index (χ3v) is 6.08. The van der Waals surface area contributed by atoms with E-state index in [1.54, 1.807) is 18.3 Å². The van der Waals surface area contributed by atoms with Gasteiger partial charge in [0.2, 0.25) is 0 Å². The third-order valence-electron chi connectivity index (χ3n) is 4.37. The van der Waals surface area contributed by atoms with Gasteiger partial charge < -0.3 is 14.8 Å². The van der Waals surface area contributed by atoms with Crippen molar-refractivity contribution in [1.82, 2.24) is 19.8 Å². The Kier molecular flexibility index (Phi) is 5.10. The van der Waals surface area contributed by atoms with E-state index >= 15 is 0 Å². The number of urea groups is 1. The van der Waals surface area contributed by atoms with Crippen molar-refractivity contribution in [1.29, 1.82) is 0 Å². The van der Waals surface area contributed by atoms with Crippen LogP contribution in [0.5, 0.6) is 0 Å². The molecule has 1 fully saturated rings. The molecule has 0 bridgehead atoms. The molecule has 1 aliphatic rings. The van der Waals surface area contributed by atoms with Gasteiger partial charge in [0.15, 0.2) is 0 Å². The van der Waals surface area contributed by atoms with Crippen LogP contribution in [0.4, 0.5) is 4.79 Å². The molecule has 7 nitrogen and oxygen atoms in total. The van der Waals surface area contributed by atoms with Crippen LogP contribution in [-0.4, -0.2) is 60.0 Å². The van der Waals surface area contributed by atoms with Crippen LogP contribution < -0.4 is 5.32 Å². The molecule has 8 heteroatoms. The third kappa shape index (κ3) is 4.00. The summed E-state index contributed by atoms with van der Waals surface area (Å²) in [5.41, 5.74) is 2.09. The maximum Gasteiger partial charge on any atom is 0.317 e. The summed E-state index contributed by atoms with van der Waals surface area (Å²) >= 11 is 0. The highest BCUT2D eigenvalue weighted by atomic mass is 32.2. The molecular weight excluding hydrogens is 304 g/mol. The minimum atomic E-state index is -2.90. The number of hydrogen-bond acceptors (Lipinski definition) is 4. The number of carbonyl (C=O) groups excluding carboxylic acids is 1. The Labute approximate surface area is 131 Å². The van der Waals surface area contributed by atoms with E-state index in [4.69, 9.17) is 0 Å². The molecule has 1 N–H and O–H groups in total. The number of amides is 2. The van der Waals surface area contributed by atoms with Gasteiger partial charge in [-0.05, 0) is 26.7 Å². The van der Waals surface area contributed by atoms with E-state index < -0.39 is 9.84 Å². The molecule has 0 aliphatic carbocycles. The molecule has 1 aromatic rings. The number of hydrogen-bond donors (Lipinski definition) is 1. The second-order valence-corrected chi connectivity index (χ2v) is 8.14. The second-order valence-electron chi connectivity index (χ2n) is 5.83. The summed E-state index contributed by atoms with van der Waals surface area (Å²) < 4.78 is 24.9. The van der Waals surface area contributed by atoms with Crippen LogP contribution in [0.1, 0.15) is 24.2 Å². The van der Waals surface area contributed by atoms with Crippen molar-refractivity contribution in [2.75, 3.05) is 25.1 Å². The van der Waals surface area contributed by atoms with Crippen molar-refractivity contribution in [3.05, 3.63) is 17.7 Å². The Morgan fingerprint density at radius 2 is 2.05 bits per heavy atom. The first-order valence-corrected chi connectivity index (χ1v) is 9.32. The number of imidazole rings is 1. The smallest absolute Gasteiger partial charge is 0.317 e. The van der Waals surface area contributed by atoms with Crippen LogP contribution in [-0.2, 0) is 16.4 Å². The Hall–Kier alpha value is -1.57. The van der Waals surface area contributed by atoms with E-state index in [0.29, 0.717) is 25.9 Å². The van der Waals surface area contributed by atoms with Crippen molar-refractivity contribution in [2.45, 2.75) is 39.3 Å². The van der Waals surface area contributed by atoms with Gasteiger partial charge in [0.25, 0.3) is 0 Å². The highest BCUT2D eigenvalue weighted by Crippen LogP contribution is 2.16. The molecule has 0 unspecified atom stereocenters. The van der Waals surface area contributed by atoms with E-state index in [1.165, 1.54) is 0 Å². The Bertz CT molecular complexity index is 625. The van der Waals surface area contributed by atoms with Crippen LogP contribution in [0.2, 0.25) is 0 Å². The van der Waals surface area contributed by atoms with Crippen molar-refractivity contribution in [2.24, 2.45) is 0 Å². The number of aryl methyl sites for hydroxylation is 1. The maximum absolute atomic E-state index is 12.1. The number of sulfone groups is 1. The molecule has 2 rings (SSSR count). The van der Waals surface area contributed by atoms with E-state index in [1.807, 2.05) is 18.4 Å². The first kappa shape index (κ1) is 16.8. The first-order valence-electron chi connectivity index (χ1n) is 7.49. The number of nitrogens with one attached hydrogen (secondary N) is 1. The van der Waals surface area contributed by atoms with E-state index in [2.05, 4.69) is 10.3 Å². The van der Waals surface area contributed by atoms with Crippen LogP contribution >= 0.6 is 0 Å². The second kappa shape index (κ2) is 6.68. The standard InChI is InChI=1S/C14H24N4O3S/c1-11-12(2)18(10-16-11)7-6-15-14(19)17(3)13-4-8-22(20,21)9-5-13/h10,13H,4-9H2,1-3H3,(H,15,19). The van der Waals surface area contributed by atoms with Gasteiger partial charge >= 0.3 is 6.03 Å². The Morgan fingerprint density at radius 1 is 1.41 bits per heavy atom. The van der Waals surface area contributed by atoms with Gasteiger partial charge in [-0.25, -0.2) is 18.2 Å². The fourth-order valence-corrected chi connectivity index (χ4v) is 4.07. The molecule has 0 saturated carbocycles. The van der Waals surface area contributed by atoms with Gasteiger partial charge in [0.05, 0.1) is 23.5 Å². The quantitative estimate of drug-likeness (QED) is 0.882. The van der Waals surface area contributed by atoms with Crippen LogP contribution in [0.15, 0.2) is 6.33 Å². The van der Waals surface area contributed by atoms with Gasteiger partial charge in [-0.1, -0.05) is 0 Å². The molecule has 0 atom stereocenters. The molecule has 0 spiro atoms. The molecule has 1 aliphatic heterocycles. The topological polar surface area (TPSA) is 84.3 Å². The number of rotatable bonds is 4. The fraction of sp³-hybridized carbons (Fsp3) is 0.714. The monoisotopic (exact) mass is 328 g/mol. The number of aromatic nitrogens is 2. The van der Waals surface area contributed by atoms with E-state index in [0.717, 1.165) is 11.4 Å². The summed E-state index contributed by atoms with van der Waals surface area (Å²) in [5.74, 6) is 0.339. The Morgan fingerprint density at radius 3 is 2.59 bits per heavy atom. The molecular formula is C14H24N4O3S. The normalized spacial score (nSPS) is 18.1. The van der Waals surface area contributed by atoms with Crippen molar-refractivity contribution in [3.8, 4) is 0 Å². The van der Waals surface area contributed by atoms with Crippen molar-refractivity contribution < 1.29 is 13.2 Å². The molecule has 1 saturated heterocycles. The zero-order valence-corrected chi connectivity index (χ0v) is 14.2. The molecule has 124 valence electrons.